The number of amides is 2. The molecule has 0 aliphatic carbocycles. The molecule has 6 heteroatoms. The number of hydrogen-bond acceptors (Lipinski definition) is 4. The van der Waals surface area contributed by atoms with Gasteiger partial charge in [-0.15, -0.1) is 0 Å². The number of Topliss-reactive ketones (excluding diaryl/α,β-unsaturated/α-hetero) is 2. The highest BCUT2D eigenvalue weighted by atomic mass is 16.2. The Morgan fingerprint density at radius 2 is 1.73 bits per heavy atom. The van der Waals surface area contributed by atoms with Gasteiger partial charge in [-0.2, -0.15) is 0 Å². The summed E-state index contributed by atoms with van der Waals surface area (Å²) in [7, 11) is 0. The third-order valence-electron chi connectivity index (χ3n) is 3.41. The highest BCUT2D eigenvalue weighted by Gasteiger charge is 2.21. The Morgan fingerprint density at radius 3 is 2.23 bits per heavy atom. The highest BCUT2D eigenvalue weighted by molar-refractivity contribution is 5.85. The van der Waals surface area contributed by atoms with Crippen molar-refractivity contribution in [3.05, 3.63) is 0 Å². The van der Waals surface area contributed by atoms with E-state index in [0.717, 1.165) is 19.3 Å². The number of hydrogen-bond donors (Lipinski definition) is 2. The lowest BCUT2D eigenvalue weighted by Gasteiger charge is -2.21. The lowest BCUT2D eigenvalue weighted by molar-refractivity contribution is -0.127. The van der Waals surface area contributed by atoms with E-state index in [-0.39, 0.29) is 29.9 Å². The lowest BCUT2D eigenvalue weighted by atomic mass is 10.0. The molecule has 0 saturated carbocycles. The second-order valence-electron chi connectivity index (χ2n) is 5.69. The predicted octanol–water partition coefficient (Wildman–Crippen LogP) is 1.51. The van der Waals surface area contributed by atoms with Crippen molar-refractivity contribution < 1.29 is 19.2 Å². The van der Waals surface area contributed by atoms with Crippen LogP contribution in [0.1, 0.15) is 65.7 Å². The summed E-state index contributed by atoms with van der Waals surface area (Å²) in [6, 6.07) is -0.952. The molecule has 0 fully saturated rings. The molecule has 0 radical (unpaired) electrons. The maximum atomic E-state index is 12.2. The van der Waals surface area contributed by atoms with Crippen molar-refractivity contribution in [2.45, 2.75) is 77.8 Å². The Balaban J connectivity index is 4.59. The molecule has 0 aliphatic rings. The van der Waals surface area contributed by atoms with Crippen molar-refractivity contribution in [2.24, 2.45) is 0 Å². The molecular weight excluding hydrogens is 284 g/mol. The zero-order chi connectivity index (χ0) is 17.0. The van der Waals surface area contributed by atoms with Crippen molar-refractivity contribution in [1.82, 2.24) is 10.6 Å². The summed E-state index contributed by atoms with van der Waals surface area (Å²) in [6.07, 6.45) is 4.90. The first-order valence-electron chi connectivity index (χ1n) is 7.89. The number of carbonyl (C=O) groups excluding carboxylic acids is 4. The number of rotatable bonds is 13. The molecule has 6 nitrogen and oxygen atoms in total. The molecular formula is C16H28N2O4. The molecule has 0 aliphatic heterocycles. The SMILES string of the molecule is CCCCCC(NC=O)C(=O)NC(CCC(C)=O)CC(C)=O. The first-order chi connectivity index (χ1) is 10.4. The van der Waals surface area contributed by atoms with Gasteiger partial charge in [-0.1, -0.05) is 26.2 Å². The van der Waals surface area contributed by atoms with Crippen LogP contribution < -0.4 is 10.6 Å². The van der Waals surface area contributed by atoms with Crippen LogP contribution in [0.3, 0.4) is 0 Å². The number of ketones is 2. The Kier molecular flexibility index (Phi) is 11.0. The molecule has 126 valence electrons. The van der Waals surface area contributed by atoms with Crippen molar-refractivity contribution in [3.8, 4) is 0 Å². The molecule has 0 heterocycles. The zero-order valence-electron chi connectivity index (χ0n) is 13.8. The van der Waals surface area contributed by atoms with E-state index in [2.05, 4.69) is 17.6 Å². The van der Waals surface area contributed by atoms with Crippen LogP contribution in [0.15, 0.2) is 0 Å². The molecule has 0 aromatic rings. The molecule has 2 atom stereocenters. The summed E-state index contributed by atoms with van der Waals surface area (Å²) in [6.45, 7) is 5.00. The average Bonchev–Trinajstić information content (AvgIpc) is 2.43. The van der Waals surface area contributed by atoms with Crippen LogP contribution in [0.2, 0.25) is 0 Å². The van der Waals surface area contributed by atoms with E-state index in [1.165, 1.54) is 13.8 Å². The molecule has 2 amide bonds. The van der Waals surface area contributed by atoms with Gasteiger partial charge >= 0.3 is 0 Å². The fourth-order valence-electron chi connectivity index (χ4n) is 2.22. The smallest absolute Gasteiger partial charge is 0.242 e. The van der Waals surface area contributed by atoms with E-state index >= 15 is 0 Å². The van der Waals surface area contributed by atoms with Gasteiger partial charge in [0.2, 0.25) is 12.3 Å². The van der Waals surface area contributed by atoms with Crippen LogP contribution in [-0.2, 0) is 19.2 Å². The Bertz CT molecular complexity index is 382. The van der Waals surface area contributed by atoms with Crippen LogP contribution in [-0.4, -0.2) is 36.0 Å². The Labute approximate surface area is 132 Å². The van der Waals surface area contributed by atoms with Gasteiger partial charge in [-0.3, -0.25) is 14.4 Å². The van der Waals surface area contributed by atoms with Crippen molar-refractivity contribution in [3.63, 3.8) is 0 Å². The van der Waals surface area contributed by atoms with E-state index in [1.54, 1.807) is 0 Å². The van der Waals surface area contributed by atoms with Crippen LogP contribution in [0.5, 0.6) is 0 Å². The van der Waals surface area contributed by atoms with Crippen molar-refractivity contribution >= 4 is 23.9 Å². The summed E-state index contributed by atoms with van der Waals surface area (Å²) < 4.78 is 0. The zero-order valence-corrected chi connectivity index (χ0v) is 13.8. The van der Waals surface area contributed by atoms with Crippen LogP contribution in [0.25, 0.3) is 0 Å². The topological polar surface area (TPSA) is 92.3 Å². The summed E-state index contributed by atoms with van der Waals surface area (Å²) >= 11 is 0. The second kappa shape index (κ2) is 11.9. The minimum atomic E-state index is -0.587. The molecule has 0 aromatic heterocycles. The van der Waals surface area contributed by atoms with Gasteiger partial charge < -0.3 is 15.4 Å². The van der Waals surface area contributed by atoms with E-state index in [0.29, 0.717) is 25.7 Å². The second-order valence-corrected chi connectivity index (χ2v) is 5.69. The Morgan fingerprint density at radius 1 is 1.05 bits per heavy atom. The van der Waals surface area contributed by atoms with Crippen LogP contribution in [0.4, 0.5) is 0 Å². The van der Waals surface area contributed by atoms with E-state index in [1.807, 2.05) is 0 Å². The predicted molar refractivity (Wildman–Crippen MR) is 84.3 cm³/mol. The van der Waals surface area contributed by atoms with Crippen molar-refractivity contribution in [1.29, 1.82) is 0 Å². The number of nitrogens with one attached hydrogen (secondary N) is 2. The summed E-state index contributed by atoms with van der Waals surface area (Å²) in [5, 5.41) is 5.30. The molecule has 0 spiro atoms. The number of unbranched alkanes of at least 4 members (excludes halogenated alkanes) is 2. The largest absolute Gasteiger partial charge is 0.351 e. The summed E-state index contributed by atoms with van der Waals surface area (Å²) in [5.74, 6) is -0.314. The minimum Gasteiger partial charge on any atom is -0.351 e. The summed E-state index contributed by atoms with van der Waals surface area (Å²) in [5.41, 5.74) is 0. The van der Waals surface area contributed by atoms with Gasteiger partial charge in [0.25, 0.3) is 0 Å². The molecule has 22 heavy (non-hydrogen) atoms. The third-order valence-corrected chi connectivity index (χ3v) is 3.41. The van der Waals surface area contributed by atoms with E-state index < -0.39 is 6.04 Å². The normalized spacial score (nSPS) is 13.0. The monoisotopic (exact) mass is 312 g/mol. The molecule has 2 unspecified atom stereocenters. The molecule has 0 rings (SSSR count). The van der Waals surface area contributed by atoms with Gasteiger partial charge in [0.05, 0.1) is 0 Å². The first kappa shape index (κ1) is 20.3. The molecule has 0 bridgehead atoms. The van der Waals surface area contributed by atoms with Crippen LogP contribution >= 0.6 is 0 Å². The quantitative estimate of drug-likeness (QED) is 0.398. The lowest BCUT2D eigenvalue weighted by Crippen LogP contribution is -2.48. The first-order valence-corrected chi connectivity index (χ1v) is 7.89. The van der Waals surface area contributed by atoms with Crippen LogP contribution in [0, 0.1) is 0 Å². The van der Waals surface area contributed by atoms with Gasteiger partial charge in [0.1, 0.15) is 17.6 Å². The minimum absolute atomic E-state index is 0.0216. The van der Waals surface area contributed by atoms with E-state index in [4.69, 9.17) is 0 Å². The molecule has 0 saturated heterocycles. The maximum absolute atomic E-state index is 12.2. The fourth-order valence-corrected chi connectivity index (χ4v) is 2.22. The Hall–Kier alpha value is -1.72. The van der Waals surface area contributed by atoms with E-state index in [9.17, 15) is 19.2 Å². The third kappa shape index (κ3) is 10.1. The highest BCUT2D eigenvalue weighted by Crippen LogP contribution is 2.07. The van der Waals surface area contributed by atoms with Crippen molar-refractivity contribution in [2.75, 3.05) is 0 Å². The maximum Gasteiger partial charge on any atom is 0.242 e. The van der Waals surface area contributed by atoms with Gasteiger partial charge in [-0.25, -0.2) is 0 Å². The standard InChI is InChI=1S/C16H28N2O4/c1-4-5-6-7-15(17-11-19)16(22)18-14(10-13(3)21)9-8-12(2)20/h11,14-15H,4-10H2,1-3H3,(H,17,19)(H,18,22). The van der Waals surface area contributed by atoms with Gasteiger partial charge in [0.15, 0.2) is 0 Å². The average molecular weight is 312 g/mol. The number of carbonyl (C=O) groups is 4. The molecule has 0 aromatic carbocycles. The molecule has 2 N–H and O–H groups in total. The van der Waals surface area contributed by atoms with Gasteiger partial charge in [0, 0.05) is 18.9 Å². The summed E-state index contributed by atoms with van der Waals surface area (Å²) in [4.78, 5) is 45.2. The fraction of sp³-hybridized carbons (Fsp3) is 0.750. The van der Waals surface area contributed by atoms with Gasteiger partial charge in [-0.05, 0) is 26.7 Å².